The maximum Gasteiger partial charge on any atom is 0.303 e. The number of carboxylic acid groups (broad SMARTS) is 1. The van der Waals surface area contributed by atoms with Crippen molar-refractivity contribution < 1.29 is 19.4 Å². The number of piperidine rings is 1. The van der Waals surface area contributed by atoms with Crippen molar-refractivity contribution in [2.24, 2.45) is 11.8 Å². The zero-order valence-electron chi connectivity index (χ0n) is 18.9. The fourth-order valence-electron chi connectivity index (χ4n) is 4.48. The Labute approximate surface area is 185 Å². The Kier molecular flexibility index (Phi) is 8.55. The van der Waals surface area contributed by atoms with Crippen molar-refractivity contribution in [3.8, 4) is 5.88 Å². The second-order valence-corrected chi connectivity index (χ2v) is 9.41. The lowest BCUT2D eigenvalue weighted by Gasteiger charge is -2.33. The van der Waals surface area contributed by atoms with Crippen LogP contribution in [0.3, 0.4) is 0 Å². The number of nitrogens with one attached hydrogen (secondary N) is 1. The molecule has 7 nitrogen and oxygen atoms in total. The molecule has 0 unspecified atom stereocenters. The molecule has 0 aromatic carbocycles. The molecule has 0 spiro atoms. The molecule has 7 heteroatoms. The number of nitrogens with zero attached hydrogens (tertiary/aromatic N) is 2. The number of anilines is 1. The minimum atomic E-state index is -0.757. The van der Waals surface area contributed by atoms with E-state index in [2.05, 4.69) is 24.1 Å². The van der Waals surface area contributed by atoms with E-state index in [4.69, 9.17) is 14.8 Å². The van der Waals surface area contributed by atoms with Crippen LogP contribution >= 0.6 is 0 Å². The van der Waals surface area contributed by atoms with E-state index in [0.29, 0.717) is 30.5 Å². The van der Waals surface area contributed by atoms with E-state index in [1.165, 1.54) is 6.42 Å². The molecule has 31 heavy (non-hydrogen) atoms. The van der Waals surface area contributed by atoms with Crippen LogP contribution in [0.1, 0.15) is 82.0 Å². The Hall–Kier alpha value is -2.31. The van der Waals surface area contributed by atoms with Gasteiger partial charge in [0.15, 0.2) is 0 Å². The molecule has 2 fully saturated rings. The summed E-state index contributed by atoms with van der Waals surface area (Å²) in [5, 5.41) is 12.3. The zero-order valence-corrected chi connectivity index (χ0v) is 18.9. The first-order valence-electron chi connectivity index (χ1n) is 11.8. The van der Waals surface area contributed by atoms with Gasteiger partial charge < -0.3 is 20.1 Å². The summed E-state index contributed by atoms with van der Waals surface area (Å²) in [5.74, 6) is 0.880. The number of ether oxygens (including phenoxy) is 1. The summed E-state index contributed by atoms with van der Waals surface area (Å²) >= 11 is 0. The second kappa shape index (κ2) is 11.3. The van der Waals surface area contributed by atoms with E-state index in [-0.39, 0.29) is 24.3 Å². The van der Waals surface area contributed by atoms with Crippen LogP contribution < -0.4 is 15.0 Å². The number of rotatable bonds is 9. The number of hydrogen-bond donors (Lipinski definition) is 2. The summed E-state index contributed by atoms with van der Waals surface area (Å²) in [5.41, 5.74) is 0.483. The summed E-state index contributed by atoms with van der Waals surface area (Å²) in [6.07, 6.45) is 8.54. The molecule has 1 aliphatic carbocycles. The monoisotopic (exact) mass is 431 g/mol. The Balaban J connectivity index is 1.75. The third-order valence-electron chi connectivity index (χ3n) is 6.27. The van der Waals surface area contributed by atoms with Gasteiger partial charge in [0.1, 0.15) is 11.4 Å². The molecule has 1 saturated heterocycles. The van der Waals surface area contributed by atoms with Crippen molar-refractivity contribution in [1.29, 1.82) is 0 Å². The highest BCUT2D eigenvalue weighted by atomic mass is 16.5. The van der Waals surface area contributed by atoms with Gasteiger partial charge >= 0.3 is 5.97 Å². The van der Waals surface area contributed by atoms with Gasteiger partial charge in [-0.25, -0.2) is 0 Å². The van der Waals surface area contributed by atoms with E-state index < -0.39 is 5.97 Å². The summed E-state index contributed by atoms with van der Waals surface area (Å²) < 4.78 is 5.99. The van der Waals surface area contributed by atoms with E-state index in [0.717, 1.165) is 57.3 Å². The Bertz CT molecular complexity index is 746. The highest BCUT2D eigenvalue weighted by Gasteiger charge is 2.25. The maximum absolute atomic E-state index is 13.0. The van der Waals surface area contributed by atoms with Crippen LogP contribution in [0, 0.1) is 11.8 Å². The van der Waals surface area contributed by atoms with Crippen LogP contribution in [-0.2, 0) is 4.79 Å². The highest BCUT2D eigenvalue weighted by molar-refractivity contribution is 5.96. The lowest BCUT2D eigenvalue weighted by molar-refractivity contribution is -0.138. The summed E-state index contributed by atoms with van der Waals surface area (Å²) in [6, 6.07) is 3.91. The molecular weight excluding hydrogens is 394 g/mol. The fourth-order valence-corrected chi connectivity index (χ4v) is 4.48. The summed E-state index contributed by atoms with van der Waals surface area (Å²) in [7, 11) is 0. The predicted molar refractivity (Wildman–Crippen MR) is 121 cm³/mol. The predicted octanol–water partition coefficient (Wildman–Crippen LogP) is 4.26. The maximum atomic E-state index is 13.0. The second-order valence-electron chi connectivity index (χ2n) is 9.41. The molecular formula is C24H37N3O4. The van der Waals surface area contributed by atoms with Crippen LogP contribution in [0.4, 0.5) is 5.82 Å². The molecule has 2 N–H and O–H groups in total. The van der Waals surface area contributed by atoms with Gasteiger partial charge in [-0.2, -0.15) is 4.98 Å². The van der Waals surface area contributed by atoms with Crippen molar-refractivity contribution >= 4 is 17.7 Å². The van der Waals surface area contributed by atoms with Gasteiger partial charge in [-0.15, -0.1) is 0 Å². The minimum Gasteiger partial charge on any atom is -0.481 e. The fraction of sp³-hybridized carbons (Fsp3) is 0.708. The smallest absolute Gasteiger partial charge is 0.303 e. The van der Waals surface area contributed by atoms with Crippen molar-refractivity contribution in [3.63, 3.8) is 0 Å². The number of aliphatic carboxylic acids is 1. The van der Waals surface area contributed by atoms with Gasteiger partial charge in [-0.3, -0.25) is 9.59 Å². The Morgan fingerprint density at radius 2 is 1.97 bits per heavy atom. The number of pyridine rings is 1. The topological polar surface area (TPSA) is 91.8 Å². The third kappa shape index (κ3) is 7.11. The minimum absolute atomic E-state index is 0.118. The first-order valence-corrected chi connectivity index (χ1v) is 11.8. The van der Waals surface area contributed by atoms with Gasteiger partial charge in [0.25, 0.3) is 5.91 Å². The Morgan fingerprint density at radius 1 is 1.19 bits per heavy atom. The summed E-state index contributed by atoms with van der Waals surface area (Å²) in [4.78, 5) is 30.9. The third-order valence-corrected chi connectivity index (χ3v) is 6.27. The Morgan fingerprint density at radius 3 is 2.68 bits per heavy atom. The van der Waals surface area contributed by atoms with E-state index >= 15 is 0 Å². The number of aromatic nitrogens is 1. The molecule has 0 bridgehead atoms. The average molecular weight is 432 g/mol. The molecule has 1 amide bonds. The number of carboxylic acids is 1. The molecule has 2 heterocycles. The van der Waals surface area contributed by atoms with Crippen molar-refractivity contribution in [2.75, 3.05) is 24.6 Å². The number of carbonyl (C=O) groups excluding carboxylic acids is 1. The van der Waals surface area contributed by atoms with Crippen molar-refractivity contribution in [2.45, 2.75) is 77.7 Å². The highest BCUT2D eigenvalue weighted by Crippen LogP contribution is 2.28. The van der Waals surface area contributed by atoms with Crippen LogP contribution in [0.25, 0.3) is 0 Å². The quantitative estimate of drug-likeness (QED) is 0.607. The van der Waals surface area contributed by atoms with Crippen LogP contribution in [0.2, 0.25) is 0 Å². The molecule has 1 aromatic heterocycles. The van der Waals surface area contributed by atoms with E-state index in [1.807, 2.05) is 12.1 Å². The standard InChI is InChI=1S/C24H37N3O4/c1-17(2)12-14-31-24-20(23(30)25-19-8-4-3-5-9-19)10-11-21(26-24)27-13-6-7-18(16-27)15-22(28)29/h10-11,17-19H,3-9,12-16H2,1-2H3,(H,25,30)(H,28,29)/t18-/m0/s1. The largest absolute Gasteiger partial charge is 0.481 e. The van der Waals surface area contributed by atoms with Gasteiger partial charge in [0, 0.05) is 25.6 Å². The summed E-state index contributed by atoms with van der Waals surface area (Å²) in [6.45, 7) is 6.29. The van der Waals surface area contributed by atoms with Crippen LogP contribution in [-0.4, -0.2) is 47.7 Å². The van der Waals surface area contributed by atoms with E-state index in [9.17, 15) is 9.59 Å². The number of amides is 1. The first kappa shape index (κ1) is 23.4. The zero-order chi connectivity index (χ0) is 22.2. The molecule has 0 radical (unpaired) electrons. The van der Waals surface area contributed by atoms with Crippen molar-refractivity contribution in [1.82, 2.24) is 10.3 Å². The SMILES string of the molecule is CC(C)CCOc1nc(N2CCC[C@@H](CC(=O)O)C2)ccc1C(=O)NC1CCCCC1. The van der Waals surface area contributed by atoms with Crippen molar-refractivity contribution in [3.05, 3.63) is 17.7 Å². The van der Waals surface area contributed by atoms with Gasteiger partial charge in [0.05, 0.1) is 6.61 Å². The van der Waals surface area contributed by atoms with Crippen LogP contribution in [0.15, 0.2) is 12.1 Å². The number of hydrogen-bond acceptors (Lipinski definition) is 5. The van der Waals surface area contributed by atoms with Gasteiger partial charge in [-0.05, 0) is 56.1 Å². The molecule has 1 atom stereocenters. The molecule has 3 rings (SSSR count). The number of carbonyl (C=O) groups is 2. The van der Waals surface area contributed by atoms with E-state index in [1.54, 1.807) is 0 Å². The van der Waals surface area contributed by atoms with Gasteiger partial charge in [-0.1, -0.05) is 33.1 Å². The first-order chi connectivity index (χ1) is 14.9. The van der Waals surface area contributed by atoms with Gasteiger partial charge in [0.2, 0.25) is 5.88 Å². The lowest BCUT2D eigenvalue weighted by Crippen LogP contribution is -2.38. The average Bonchev–Trinajstić information content (AvgIpc) is 2.74. The molecule has 2 aliphatic rings. The van der Waals surface area contributed by atoms with Crippen LogP contribution in [0.5, 0.6) is 5.88 Å². The lowest BCUT2D eigenvalue weighted by atomic mass is 9.95. The molecule has 1 aromatic rings. The normalized spacial score (nSPS) is 20.0. The molecule has 172 valence electrons. The molecule has 1 aliphatic heterocycles. The molecule has 1 saturated carbocycles.